The zero-order chi connectivity index (χ0) is 85.5. The summed E-state index contributed by atoms with van der Waals surface area (Å²) in [6.07, 6.45) is 0.709. The summed E-state index contributed by atoms with van der Waals surface area (Å²) in [5.41, 5.74) is 8.47. The number of hydrogen-bond donors (Lipinski definition) is 6. The molecule has 0 saturated carbocycles. The summed E-state index contributed by atoms with van der Waals surface area (Å²) < 4.78 is 73.3. The minimum absolute atomic E-state index is 0.0360. The zero-order valence-electron chi connectivity index (χ0n) is 67.1. The number of thioether (sulfide) groups is 1. The zero-order valence-corrected chi connectivity index (χ0v) is 71.2. The standard InChI is InChI=1S/C81H104Cl2N9O24PS2/c1-52(2)74(87-70(94)22-29-108-33-35-110-37-39-112-41-42-113-40-38-111-36-34-109-32-28-90-71(95)46-69(118-5)78(90)99)64(93)43-54(11-10-23-85-79(84)100)75(96)86-57-18-16-53(17-19-57)51-114-80(101)88(26-30-106-3)24-25-89(27-31-107-4)81(102)115-65-44-62-72(60-14-8-6-12-58(60)65)55(47-82)49-91(62)76(97)67-20-21-68(119-67)77(98)92-50-56(48-83)73-61-15-9-7-13-59(61)66(45-63(73)92)116-117(103,104)105/h6-9,12-21,44-45,52,54-56,69,74H,10-11,22-43,46-51H2,1-5H3,(H,86,96)(H,87,94)(H3,84,85,100)(H2,103,104,105)/t54-,55-,56-,69?,74+/m1/s1. The maximum atomic E-state index is 14.9. The number of alkyl halides is 2. The van der Waals surface area contributed by atoms with Gasteiger partial charge in [-0.15, -0.1) is 34.5 Å². The highest BCUT2D eigenvalue weighted by atomic mass is 35.5. The summed E-state index contributed by atoms with van der Waals surface area (Å²) in [6, 6.07) is 25.1. The quantitative estimate of drug-likeness (QED) is 0.00896. The van der Waals surface area contributed by atoms with Crippen molar-refractivity contribution < 1.29 is 114 Å². The highest BCUT2D eigenvalue weighted by molar-refractivity contribution is 8.00. The molecule has 0 aliphatic carbocycles. The summed E-state index contributed by atoms with van der Waals surface area (Å²) in [5.74, 6) is -4.22. The lowest BCUT2D eigenvalue weighted by Crippen LogP contribution is -2.45. The first kappa shape index (κ1) is 94.2. The average Bonchev–Trinajstić information content (AvgIpc) is 1.61. The highest BCUT2D eigenvalue weighted by Crippen LogP contribution is 2.51. The molecular formula is C81H104Cl2N9O24PS2. The molecule has 0 radical (unpaired) electrons. The van der Waals surface area contributed by atoms with E-state index in [0.717, 1.165) is 16.9 Å². The number of urea groups is 1. The van der Waals surface area contributed by atoms with Crippen LogP contribution < -0.4 is 40.7 Å². The van der Waals surface area contributed by atoms with Gasteiger partial charge in [0.25, 0.3) is 11.8 Å². The number of fused-ring (bicyclic) bond motifs is 6. The van der Waals surface area contributed by atoms with Crippen LogP contribution in [0.3, 0.4) is 0 Å². The minimum Gasteiger partial charge on any atom is -0.445 e. The number of phosphoric acid groups is 1. The van der Waals surface area contributed by atoms with Gasteiger partial charge in [0.2, 0.25) is 23.6 Å². The van der Waals surface area contributed by atoms with E-state index < -0.39 is 61.6 Å². The summed E-state index contributed by atoms with van der Waals surface area (Å²) >= 11 is 15.5. The Morgan fingerprint density at radius 3 is 1.63 bits per heavy atom. The number of rotatable bonds is 51. The molecular weight excluding hydrogens is 1650 g/mol. The Balaban J connectivity index is 0.725. The lowest BCUT2D eigenvalue weighted by molar-refractivity contribution is -0.139. The predicted octanol–water partition coefficient (Wildman–Crippen LogP) is 9.31. The minimum atomic E-state index is -5.03. The van der Waals surface area contributed by atoms with Gasteiger partial charge in [0.1, 0.15) is 18.1 Å². The fourth-order valence-electron chi connectivity index (χ4n) is 13.9. The molecule has 5 aromatic carbocycles. The molecule has 0 bridgehead atoms. The second-order valence-electron chi connectivity index (χ2n) is 28.4. The van der Waals surface area contributed by atoms with E-state index in [0.29, 0.717) is 109 Å². The number of likely N-dealkylation sites (tertiary alicyclic amines) is 1. The van der Waals surface area contributed by atoms with Crippen molar-refractivity contribution in [3.63, 3.8) is 0 Å². The predicted molar refractivity (Wildman–Crippen MR) is 448 cm³/mol. The molecule has 7 N–H and O–H groups in total. The fourth-order valence-corrected chi connectivity index (χ4v) is 16.3. The maximum absolute atomic E-state index is 14.9. The summed E-state index contributed by atoms with van der Waals surface area (Å²) in [4.78, 5) is 162. The maximum Gasteiger partial charge on any atom is 0.524 e. The van der Waals surface area contributed by atoms with Crippen LogP contribution >= 0.6 is 54.1 Å². The van der Waals surface area contributed by atoms with E-state index in [-0.39, 0.29) is 198 Å². The number of amides is 10. The van der Waals surface area contributed by atoms with Gasteiger partial charge in [0, 0.05) is 137 Å². The van der Waals surface area contributed by atoms with Crippen LogP contribution in [0, 0.1) is 11.8 Å². The number of ketones is 1. The van der Waals surface area contributed by atoms with Gasteiger partial charge in [0.15, 0.2) is 5.78 Å². The molecule has 648 valence electrons. The van der Waals surface area contributed by atoms with Gasteiger partial charge in [-0.2, -0.15) is 11.8 Å². The van der Waals surface area contributed by atoms with Crippen LogP contribution in [0.1, 0.15) is 93.8 Å². The smallest absolute Gasteiger partial charge is 0.445 e. The van der Waals surface area contributed by atoms with Gasteiger partial charge in [-0.25, -0.2) is 18.9 Å². The van der Waals surface area contributed by atoms with Gasteiger partial charge in [-0.05, 0) is 76.7 Å². The number of imide groups is 1. The first-order valence-electron chi connectivity index (χ1n) is 39.0. The Kier molecular flexibility index (Phi) is 37.7. The number of hydrogen-bond acceptors (Lipinski definition) is 24. The topological polar surface area (TPSA) is 408 Å². The van der Waals surface area contributed by atoms with Crippen molar-refractivity contribution >= 4 is 152 Å². The van der Waals surface area contributed by atoms with E-state index in [9.17, 15) is 62.3 Å². The molecule has 4 heterocycles. The third kappa shape index (κ3) is 27.2. The van der Waals surface area contributed by atoms with Crippen LogP contribution in [0.25, 0.3) is 21.5 Å². The van der Waals surface area contributed by atoms with Crippen molar-refractivity contribution in [2.24, 2.45) is 17.6 Å². The van der Waals surface area contributed by atoms with E-state index in [1.54, 1.807) is 97.6 Å². The molecule has 38 heteroatoms. The molecule has 1 aromatic heterocycles. The molecule has 119 heavy (non-hydrogen) atoms. The van der Waals surface area contributed by atoms with Gasteiger partial charge < -0.3 is 93.2 Å². The number of benzene rings is 5. The number of thiophene rings is 1. The van der Waals surface area contributed by atoms with Gasteiger partial charge in [-0.3, -0.25) is 48.2 Å². The number of primary amides is 1. The third-order valence-electron chi connectivity index (χ3n) is 19.9. The molecule has 3 aliphatic rings. The number of anilines is 3. The normalized spacial score (nSPS) is 15.6. The number of nitrogens with two attached hydrogens (primary N) is 1. The van der Waals surface area contributed by atoms with Crippen LogP contribution in [0.2, 0.25) is 0 Å². The van der Waals surface area contributed by atoms with Crippen molar-refractivity contribution in [3.05, 3.63) is 124 Å². The lowest BCUT2D eigenvalue weighted by Gasteiger charge is -2.27. The molecule has 6 aromatic rings. The second kappa shape index (κ2) is 47.5. The first-order chi connectivity index (χ1) is 57.4. The van der Waals surface area contributed by atoms with Crippen LogP contribution in [0.4, 0.5) is 31.4 Å². The van der Waals surface area contributed by atoms with Gasteiger partial charge in [0.05, 0.1) is 131 Å². The lowest BCUT2D eigenvalue weighted by atomic mass is 9.89. The molecule has 1 unspecified atom stereocenters. The van der Waals surface area contributed by atoms with Crippen LogP contribution in [0.5, 0.6) is 11.5 Å². The number of nitrogens with one attached hydrogen (secondary N) is 3. The van der Waals surface area contributed by atoms with Crippen LogP contribution in [0.15, 0.2) is 97.1 Å². The number of ether oxygens (including phenoxy) is 10. The largest absolute Gasteiger partial charge is 0.524 e. The van der Waals surface area contributed by atoms with Crippen molar-refractivity contribution in [1.82, 2.24) is 25.3 Å². The van der Waals surface area contributed by atoms with Crippen molar-refractivity contribution in [1.29, 1.82) is 0 Å². The van der Waals surface area contributed by atoms with Crippen molar-refractivity contribution in [2.45, 2.75) is 75.7 Å². The Labute approximate surface area is 708 Å². The number of carbonyl (C=O) groups is 10. The number of methoxy groups -OCH3 is 2. The molecule has 10 amide bonds. The molecule has 1 fully saturated rings. The average molecular weight is 1750 g/mol. The summed E-state index contributed by atoms with van der Waals surface area (Å²) in [6.45, 7) is 7.74. The Hall–Kier alpha value is -8.62. The highest BCUT2D eigenvalue weighted by Gasteiger charge is 2.41. The van der Waals surface area contributed by atoms with Crippen molar-refractivity contribution in [3.8, 4) is 11.5 Å². The number of carbonyl (C=O) groups excluding carboxylic acids is 10. The fraction of sp³-hybridized carbons (Fsp3) is 0.506. The van der Waals surface area contributed by atoms with Gasteiger partial charge >= 0.3 is 26.0 Å². The van der Waals surface area contributed by atoms with E-state index in [1.807, 2.05) is 18.4 Å². The molecule has 0 spiro atoms. The molecule has 33 nitrogen and oxygen atoms in total. The molecule has 5 atom stereocenters. The molecule has 9 rings (SSSR count). The SMILES string of the molecule is COCCN(CCN(CCOC)C(=O)Oc1cc2c(c3ccccc13)[C@H](CCl)CN2C(=O)c1ccc(C(=O)N2C[C@@H](CCl)c3c2cc(OP(=O)(O)O)c2ccccc32)s1)C(=O)OCc1ccc(NC(=O)[C@H](CCCNC(N)=O)CC(=O)[C@@H](NC(=O)CCOCCOCCOCCOCCOCCOCCN2C(=O)CC(SC)C2=O)C(C)C)cc1. The van der Waals surface area contributed by atoms with E-state index in [4.69, 9.17) is 80.8 Å². The first-order valence-corrected chi connectivity index (χ1v) is 43.7. The second-order valence-corrected chi connectivity index (χ2v) is 32.3. The number of nitrogens with zero attached hydrogens (tertiary/aromatic N) is 5. The molecule has 1 saturated heterocycles. The van der Waals surface area contributed by atoms with E-state index in [1.165, 1.54) is 51.6 Å². The Morgan fingerprint density at radius 1 is 0.647 bits per heavy atom. The Bertz CT molecular complexity index is 4510. The van der Waals surface area contributed by atoms with E-state index >= 15 is 0 Å². The number of Topliss-reactive ketones (excluding diaryl/α,β-unsaturated/α-hetero) is 1. The van der Waals surface area contributed by atoms with Gasteiger partial charge in [-0.1, -0.05) is 74.5 Å². The van der Waals surface area contributed by atoms with Crippen molar-refractivity contribution in [2.75, 3.05) is 192 Å². The van der Waals surface area contributed by atoms with Crippen LogP contribution in [-0.4, -0.2) is 272 Å². The summed E-state index contributed by atoms with van der Waals surface area (Å²) in [5, 5.41) is 10.2. The Morgan fingerprint density at radius 2 is 1.14 bits per heavy atom. The van der Waals surface area contributed by atoms with Crippen LogP contribution in [-0.2, 0) is 77.8 Å². The summed E-state index contributed by atoms with van der Waals surface area (Å²) in [7, 11) is -2.08. The third-order valence-corrected chi connectivity index (χ3v) is 23.1. The molecule has 3 aliphatic heterocycles. The monoisotopic (exact) mass is 1750 g/mol. The number of halogens is 2. The van der Waals surface area contributed by atoms with E-state index in [2.05, 4.69) is 16.0 Å². The number of phosphoric ester groups is 1.